The Bertz CT molecular complexity index is 428. The first-order valence-corrected chi connectivity index (χ1v) is 6.21. The molecule has 0 saturated heterocycles. The number of carbonyl (C=O) groups is 1. The van der Waals surface area contributed by atoms with Crippen molar-refractivity contribution in [2.75, 3.05) is 0 Å². The van der Waals surface area contributed by atoms with Crippen LogP contribution in [-0.4, -0.2) is 22.0 Å². The lowest BCUT2D eigenvalue weighted by molar-refractivity contribution is 0.0696. The van der Waals surface area contributed by atoms with Crippen molar-refractivity contribution in [3.05, 3.63) is 34.9 Å². The highest BCUT2D eigenvalue weighted by Gasteiger charge is 2.23. The number of hydrogen-bond acceptors (Lipinski definition) is 2. The topological polar surface area (TPSA) is 40.5 Å². The second-order valence-electron chi connectivity index (χ2n) is 4.83. The molecule has 1 aromatic rings. The van der Waals surface area contributed by atoms with Crippen molar-refractivity contribution in [2.45, 2.75) is 45.8 Å². The minimum Gasteiger partial charge on any atom is -0.478 e. The van der Waals surface area contributed by atoms with Crippen LogP contribution in [0.25, 0.3) is 0 Å². The molecule has 1 aliphatic rings. The molecular weight excluding hydrogens is 214 g/mol. The normalized spacial score (nSPS) is 16.8. The Morgan fingerprint density at radius 1 is 1.41 bits per heavy atom. The minimum atomic E-state index is -0.840. The molecule has 0 bridgehead atoms. The van der Waals surface area contributed by atoms with Gasteiger partial charge in [-0.25, -0.2) is 4.79 Å². The maximum Gasteiger partial charge on any atom is 0.335 e. The summed E-state index contributed by atoms with van der Waals surface area (Å²) in [6, 6.07) is 6.05. The number of rotatable bonds is 4. The maximum atomic E-state index is 10.9. The maximum absolute atomic E-state index is 10.9. The van der Waals surface area contributed by atoms with Gasteiger partial charge in [0.15, 0.2) is 0 Å². The predicted molar refractivity (Wildman–Crippen MR) is 67.0 cm³/mol. The number of carboxylic acid groups (broad SMARTS) is 1. The molecule has 0 saturated carbocycles. The fourth-order valence-corrected chi connectivity index (χ4v) is 2.47. The second-order valence-corrected chi connectivity index (χ2v) is 4.83. The van der Waals surface area contributed by atoms with Gasteiger partial charge in [0, 0.05) is 19.1 Å². The molecule has 1 heterocycles. The van der Waals surface area contributed by atoms with E-state index in [1.165, 1.54) is 24.0 Å². The molecule has 1 aromatic carbocycles. The summed E-state index contributed by atoms with van der Waals surface area (Å²) in [6.45, 7) is 6.28. The van der Waals surface area contributed by atoms with Crippen molar-refractivity contribution in [1.82, 2.24) is 4.90 Å². The predicted octanol–water partition coefficient (Wildman–Crippen LogP) is 2.89. The lowest BCUT2D eigenvalue weighted by Gasteiger charge is -2.23. The van der Waals surface area contributed by atoms with Crippen molar-refractivity contribution >= 4 is 5.97 Å². The van der Waals surface area contributed by atoms with Crippen LogP contribution in [0.5, 0.6) is 0 Å². The quantitative estimate of drug-likeness (QED) is 0.869. The van der Waals surface area contributed by atoms with E-state index in [9.17, 15) is 4.79 Å². The number of benzene rings is 1. The van der Waals surface area contributed by atoms with Gasteiger partial charge in [-0.15, -0.1) is 0 Å². The van der Waals surface area contributed by atoms with Gasteiger partial charge in [0.1, 0.15) is 0 Å². The Morgan fingerprint density at radius 3 is 2.76 bits per heavy atom. The van der Waals surface area contributed by atoms with Gasteiger partial charge in [-0.05, 0) is 36.6 Å². The second kappa shape index (κ2) is 4.88. The Hall–Kier alpha value is -1.35. The minimum absolute atomic E-state index is 0.397. The molecule has 1 aliphatic heterocycles. The zero-order valence-electron chi connectivity index (χ0n) is 10.4. The standard InChI is InChI=1S/C14H19NO2/c1-3-4-10(2)15-8-12-6-5-11(14(16)17)7-13(12)9-15/h5-7,10H,3-4,8-9H2,1-2H3,(H,16,17). The Labute approximate surface area is 102 Å². The molecule has 3 nitrogen and oxygen atoms in total. The number of hydrogen-bond donors (Lipinski definition) is 1. The van der Waals surface area contributed by atoms with Gasteiger partial charge in [-0.3, -0.25) is 4.90 Å². The first kappa shape index (κ1) is 12.1. The van der Waals surface area contributed by atoms with E-state index in [1.54, 1.807) is 6.07 Å². The van der Waals surface area contributed by atoms with Crippen molar-refractivity contribution < 1.29 is 9.90 Å². The summed E-state index contributed by atoms with van der Waals surface area (Å²) >= 11 is 0. The van der Waals surface area contributed by atoms with E-state index in [2.05, 4.69) is 18.7 Å². The smallest absolute Gasteiger partial charge is 0.335 e. The molecule has 3 heteroatoms. The third kappa shape index (κ3) is 2.50. The summed E-state index contributed by atoms with van der Waals surface area (Å²) in [6.07, 6.45) is 2.38. The first-order valence-electron chi connectivity index (χ1n) is 6.21. The highest BCUT2D eigenvalue weighted by atomic mass is 16.4. The van der Waals surface area contributed by atoms with Gasteiger partial charge in [0.05, 0.1) is 5.56 Å². The zero-order chi connectivity index (χ0) is 12.4. The molecule has 1 N–H and O–H groups in total. The van der Waals surface area contributed by atoms with Crippen LogP contribution in [0.1, 0.15) is 48.2 Å². The molecule has 0 spiro atoms. The Kier molecular flexibility index (Phi) is 3.48. The van der Waals surface area contributed by atoms with Gasteiger partial charge < -0.3 is 5.11 Å². The van der Waals surface area contributed by atoms with Crippen LogP contribution in [0.3, 0.4) is 0 Å². The van der Waals surface area contributed by atoms with Crippen LogP contribution in [-0.2, 0) is 13.1 Å². The van der Waals surface area contributed by atoms with Crippen molar-refractivity contribution in [1.29, 1.82) is 0 Å². The molecule has 92 valence electrons. The Balaban J connectivity index is 2.13. The van der Waals surface area contributed by atoms with Gasteiger partial charge in [0.25, 0.3) is 0 Å². The van der Waals surface area contributed by atoms with E-state index in [1.807, 2.05) is 12.1 Å². The van der Waals surface area contributed by atoms with E-state index in [4.69, 9.17) is 5.11 Å². The molecule has 0 aromatic heterocycles. The van der Waals surface area contributed by atoms with E-state index in [-0.39, 0.29) is 0 Å². The zero-order valence-corrected chi connectivity index (χ0v) is 10.4. The monoisotopic (exact) mass is 233 g/mol. The summed E-state index contributed by atoms with van der Waals surface area (Å²) in [5.41, 5.74) is 2.85. The lowest BCUT2D eigenvalue weighted by Crippen LogP contribution is -2.27. The summed E-state index contributed by atoms with van der Waals surface area (Å²) < 4.78 is 0. The van der Waals surface area contributed by atoms with Crippen LogP contribution in [0, 0.1) is 0 Å². The van der Waals surface area contributed by atoms with Gasteiger partial charge in [-0.2, -0.15) is 0 Å². The van der Waals surface area contributed by atoms with Gasteiger partial charge in [-0.1, -0.05) is 19.4 Å². The molecule has 0 radical (unpaired) electrons. The molecule has 2 rings (SSSR count). The highest BCUT2D eigenvalue weighted by Crippen LogP contribution is 2.26. The third-order valence-corrected chi connectivity index (χ3v) is 3.53. The van der Waals surface area contributed by atoms with Crippen molar-refractivity contribution in [3.8, 4) is 0 Å². The summed E-state index contributed by atoms with van der Waals surface area (Å²) in [7, 11) is 0. The van der Waals surface area contributed by atoms with Gasteiger partial charge >= 0.3 is 5.97 Å². The SMILES string of the molecule is CCCC(C)N1Cc2ccc(C(=O)O)cc2C1. The number of nitrogens with zero attached hydrogens (tertiary/aromatic N) is 1. The van der Waals surface area contributed by atoms with Crippen molar-refractivity contribution in [2.24, 2.45) is 0 Å². The number of carboxylic acids is 1. The Morgan fingerprint density at radius 2 is 2.12 bits per heavy atom. The molecule has 1 atom stereocenters. The van der Waals surface area contributed by atoms with Gasteiger partial charge in [0.2, 0.25) is 0 Å². The number of fused-ring (bicyclic) bond motifs is 1. The van der Waals surface area contributed by atoms with E-state index in [0.29, 0.717) is 11.6 Å². The summed E-state index contributed by atoms with van der Waals surface area (Å²) in [4.78, 5) is 13.3. The number of aromatic carboxylic acids is 1. The van der Waals surface area contributed by atoms with Crippen LogP contribution < -0.4 is 0 Å². The average molecular weight is 233 g/mol. The molecular formula is C14H19NO2. The van der Waals surface area contributed by atoms with Crippen LogP contribution in [0.2, 0.25) is 0 Å². The largest absolute Gasteiger partial charge is 0.478 e. The lowest BCUT2D eigenvalue weighted by atomic mass is 10.1. The molecule has 0 amide bonds. The fourth-order valence-electron chi connectivity index (χ4n) is 2.47. The molecule has 1 unspecified atom stereocenters. The van der Waals surface area contributed by atoms with Crippen LogP contribution in [0.4, 0.5) is 0 Å². The van der Waals surface area contributed by atoms with Crippen molar-refractivity contribution in [3.63, 3.8) is 0 Å². The average Bonchev–Trinajstić information content (AvgIpc) is 2.71. The third-order valence-electron chi connectivity index (χ3n) is 3.53. The fraction of sp³-hybridized carbons (Fsp3) is 0.500. The van der Waals surface area contributed by atoms with E-state index < -0.39 is 5.97 Å². The molecule has 0 fully saturated rings. The van der Waals surface area contributed by atoms with E-state index in [0.717, 1.165) is 13.1 Å². The summed E-state index contributed by atoms with van der Waals surface area (Å²) in [5.74, 6) is -0.840. The van der Waals surface area contributed by atoms with Crippen LogP contribution >= 0.6 is 0 Å². The molecule has 17 heavy (non-hydrogen) atoms. The first-order chi connectivity index (χ1) is 8.11. The van der Waals surface area contributed by atoms with E-state index >= 15 is 0 Å². The highest BCUT2D eigenvalue weighted by molar-refractivity contribution is 5.87. The summed E-state index contributed by atoms with van der Waals surface area (Å²) in [5, 5.41) is 8.96. The van der Waals surface area contributed by atoms with Crippen LogP contribution in [0.15, 0.2) is 18.2 Å². The molecule has 0 aliphatic carbocycles.